The van der Waals surface area contributed by atoms with Gasteiger partial charge in [0, 0.05) is 12.5 Å². The quantitative estimate of drug-likeness (QED) is 0.781. The number of carbonyl (C=O) groups excluding carboxylic acids is 1. The van der Waals surface area contributed by atoms with Crippen molar-refractivity contribution in [2.75, 3.05) is 12.9 Å². The Bertz CT molecular complexity index is 554. The summed E-state index contributed by atoms with van der Waals surface area (Å²) in [5.74, 6) is -0.481. The van der Waals surface area contributed by atoms with Crippen molar-refractivity contribution in [2.24, 2.45) is 0 Å². The van der Waals surface area contributed by atoms with Crippen LogP contribution in [0, 0.1) is 6.92 Å². The summed E-state index contributed by atoms with van der Waals surface area (Å²) in [6, 6.07) is 7.39. The number of aryl methyl sites for hydroxylation is 1. The van der Waals surface area contributed by atoms with Crippen LogP contribution in [0.3, 0.4) is 0 Å². The minimum atomic E-state index is -3.40. The maximum atomic E-state index is 11.9. The Morgan fingerprint density at radius 3 is 2.70 bits per heavy atom. The molecule has 1 atom stereocenters. The van der Waals surface area contributed by atoms with Gasteiger partial charge < -0.3 is 4.74 Å². The maximum absolute atomic E-state index is 11.9. The van der Waals surface area contributed by atoms with Crippen LogP contribution in [0.25, 0.3) is 0 Å². The Labute approximate surface area is 120 Å². The van der Waals surface area contributed by atoms with E-state index in [1.165, 1.54) is 7.11 Å². The van der Waals surface area contributed by atoms with E-state index in [1.54, 1.807) is 6.92 Å². The lowest BCUT2D eigenvalue weighted by atomic mass is 10.1. The van der Waals surface area contributed by atoms with Gasteiger partial charge in [-0.3, -0.25) is 4.79 Å². The molecule has 0 saturated heterocycles. The smallest absolute Gasteiger partial charge is 0.305 e. The monoisotopic (exact) mass is 299 g/mol. The Hall–Kier alpha value is -1.40. The fraction of sp³-hybridized carbons (Fsp3) is 0.500. The van der Waals surface area contributed by atoms with Gasteiger partial charge in [-0.05, 0) is 25.8 Å². The molecule has 0 bridgehead atoms. The summed E-state index contributed by atoms with van der Waals surface area (Å²) in [4.78, 5) is 10.9. The lowest BCUT2D eigenvalue weighted by molar-refractivity contribution is -0.140. The molecule has 0 aliphatic carbocycles. The summed E-state index contributed by atoms with van der Waals surface area (Å²) in [5.41, 5.74) is 2.00. The van der Waals surface area contributed by atoms with Crippen LogP contribution in [0.2, 0.25) is 0 Å². The molecular formula is C14H21NO4S. The van der Waals surface area contributed by atoms with Gasteiger partial charge in [-0.15, -0.1) is 0 Å². The van der Waals surface area contributed by atoms with Crippen molar-refractivity contribution in [3.63, 3.8) is 0 Å². The van der Waals surface area contributed by atoms with Crippen molar-refractivity contribution in [1.82, 2.24) is 4.72 Å². The Kier molecular flexibility index (Phi) is 6.16. The molecule has 6 heteroatoms. The molecule has 1 N–H and O–H groups in total. The second-order valence-corrected chi connectivity index (χ2v) is 6.63. The molecule has 0 aromatic heterocycles. The zero-order valence-electron chi connectivity index (χ0n) is 12.0. The van der Waals surface area contributed by atoms with E-state index in [0.29, 0.717) is 0 Å². The molecule has 0 fully saturated rings. The average molecular weight is 299 g/mol. The number of carbonyl (C=O) groups is 1. The van der Waals surface area contributed by atoms with Crippen molar-refractivity contribution < 1.29 is 17.9 Å². The number of hydrogen-bond acceptors (Lipinski definition) is 4. The van der Waals surface area contributed by atoms with Crippen LogP contribution >= 0.6 is 0 Å². The lowest BCUT2D eigenvalue weighted by Crippen LogP contribution is -2.29. The van der Waals surface area contributed by atoms with E-state index in [2.05, 4.69) is 9.46 Å². The van der Waals surface area contributed by atoms with Gasteiger partial charge in [-0.2, -0.15) is 0 Å². The molecule has 5 nitrogen and oxygen atoms in total. The molecule has 0 aliphatic heterocycles. The third-order valence-electron chi connectivity index (χ3n) is 2.92. The summed E-state index contributed by atoms with van der Waals surface area (Å²) in [7, 11) is -2.12. The lowest BCUT2D eigenvalue weighted by Gasteiger charge is -2.15. The van der Waals surface area contributed by atoms with Gasteiger partial charge in [0.2, 0.25) is 10.0 Å². The van der Waals surface area contributed by atoms with E-state index in [-0.39, 0.29) is 24.6 Å². The summed E-state index contributed by atoms with van der Waals surface area (Å²) >= 11 is 0. The van der Waals surface area contributed by atoms with E-state index >= 15 is 0 Å². The van der Waals surface area contributed by atoms with E-state index < -0.39 is 16.0 Å². The van der Waals surface area contributed by atoms with E-state index in [4.69, 9.17) is 0 Å². The summed E-state index contributed by atoms with van der Waals surface area (Å²) in [5, 5.41) is 0. The van der Waals surface area contributed by atoms with E-state index in [0.717, 1.165) is 11.1 Å². The van der Waals surface area contributed by atoms with Crippen molar-refractivity contribution in [3.05, 3.63) is 35.4 Å². The van der Waals surface area contributed by atoms with Crippen LogP contribution in [0.5, 0.6) is 0 Å². The van der Waals surface area contributed by atoms with Gasteiger partial charge in [-0.25, -0.2) is 13.1 Å². The van der Waals surface area contributed by atoms with Gasteiger partial charge >= 0.3 is 5.97 Å². The number of ether oxygens (including phenoxy) is 1. The topological polar surface area (TPSA) is 72.5 Å². The molecule has 0 aliphatic rings. The molecule has 0 amide bonds. The number of esters is 1. The van der Waals surface area contributed by atoms with Crippen LogP contribution < -0.4 is 4.72 Å². The molecule has 1 aromatic rings. The Balaban J connectivity index is 2.55. The second-order valence-electron chi connectivity index (χ2n) is 4.75. The third-order valence-corrected chi connectivity index (χ3v) is 4.46. The Morgan fingerprint density at radius 2 is 2.10 bits per heavy atom. The zero-order valence-corrected chi connectivity index (χ0v) is 12.9. The fourth-order valence-electron chi connectivity index (χ4n) is 1.84. The van der Waals surface area contributed by atoms with Crippen LogP contribution in [-0.2, 0) is 19.6 Å². The van der Waals surface area contributed by atoms with Crippen LogP contribution in [0.15, 0.2) is 24.3 Å². The van der Waals surface area contributed by atoms with Crippen molar-refractivity contribution in [3.8, 4) is 0 Å². The van der Waals surface area contributed by atoms with Crippen LogP contribution in [0.1, 0.15) is 36.9 Å². The highest BCUT2D eigenvalue weighted by atomic mass is 32.2. The number of benzene rings is 1. The molecule has 112 valence electrons. The minimum Gasteiger partial charge on any atom is -0.469 e. The molecule has 1 rings (SSSR count). The van der Waals surface area contributed by atoms with Gasteiger partial charge in [0.05, 0.1) is 12.9 Å². The minimum absolute atomic E-state index is 0.0851. The Morgan fingerprint density at radius 1 is 1.40 bits per heavy atom. The molecule has 20 heavy (non-hydrogen) atoms. The molecule has 0 unspecified atom stereocenters. The first kappa shape index (κ1) is 16.7. The number of hydrogen-bond donors (Lipinski definition) is 1. The highest BCUT2D eigenvalue weighted by Gasteiger charge is 2.16. The summed E-state index contributed by atoms with van der Waals surface area (Å²) in [6.45, 7) is 3.76. The molecular weight excluding hydrogens is 278 g/mol. The normalized spacial score (nSPS) is 12.9. The molecule has 0 saturated carbocycles. The summed E-state index contributed by atoms with van der Waals surface area (Å²) in [6.07, 6.45) is 0.360. The van der Waals surface area contributed by atoms with Crippen molar-refractivity contribution >= 4 is 16.0 Å². The van der Waals surface area contributed by atoms with Gasteiger partial charge in [0.1, 0.15) is 0 Å². The number of sulfonamides is 1. The SMILES string of the molecule is COC(=O)CCCS(=O)(=O)N[C@@H](C)c1cccc(C)c1. The molecule has 0 radical (unpaired) electrons. The maximum Gasteiger partial charge on any atom is 0.305 e. The first-order valence-electron chi connectivity index (χ1n) is 6.47. The molecule has 0 spiro atoms. The van der Waals surface area contributed by atoms with Crippen LogP contribution in [0.4, 0.5) is 0 Å². The zero-order chi connectivity index (χ0) is 15.2. The largest absolute Gasteiger partial charge is 0.469 e. The summed E-state index contributed by atoms with van der Waals surface area (Å²) < 4.78 is 30.9. The van der Waals surface area contributed by atoms with Gasteiger partial charge in [-0.1, -0.05) is 29.8 Å². The first-order valence-corrected chi connectivity index (χ1v) is 8.12. The van der Waals surface area contributed by atoms with Gasteiger partial charge in [0.15, 0.2) is 0 Å². The van der Waals surface area contributed by atoms with Crippen LogP contribution in [-0.4, -0.2) is 27.2 Å². The number of rotatable bonds is 7. The van der Waals surface area contributed by atoms with Gasteiger partial charge in [0.25, 0.3) is 0 Å². The average Bonchev–Trinajstić information content (AvgIpc) is 2.37. The van der Waals surface area contributed by atoms with Crippen molar-refractivity contribution in [2.45, 2.75) is 32.7 Å². The first-order chi connectivity index (χ1) is 9.34. The second kappa shape index (κ2) is 7.40. The molecule has 1 aromatic carbocycles. The highest BCUT2D eigenvalue weighted by Crippen LogP contribution is 2.15. The fourth-order valence-corrected chi connectivity index (χ4v) is 3.16. The van der Waals surface area contributed by atoms with E-state index in [9.17, 15) is 13.2 Å². The van der Waals surface area contributed by atoms with E-state index in [1.807, 2.05) is 31.2 Å². The predicted octanol–water partition coefficient (Wildman–Crippen LogP) is 1.93. The highest BCUT2D eigenvalue weighted by molar-refractivity contribution is 7.89. The van der Waals surface area contributed by atoms with Crippen molar-refractivity contribution in [1.29, 1.82) is 0 Å². The molecule has 0 heterocycles. The predicted molar refractivity (Wildman–Crippen MR) is 77.8 cm³/mol. The standard InChI is InChI=1S/C14H21NO4S/c1-11-6-4-7-13(10-11)12(2)15-20(17,18)9-5-8-14(16)19-3/h4,6-7,10,12,15H,5,8-9H2,1-3H3/t12-/m0/s1. The third kappa shape index (κ3) is 5.71. The number of methoxy groups -OCH3 is 1. The number of nitrogens with one attached hydrogen (secondary N) is 1.